The second kappa shape index (κ2) is 7.49. The van der Waals surface area contributed by atoms with Crippen LogP contribution in [0.4, 0.5) is 11.4 Å². The highest BCUT2D eigenvalue weighted by Crippen LogP contribution is 2.24. The Kier molecular flexibility index (Phi) is 5.13. The summed E-state index contributed by atoms with van der Waals surface area (Å²) in [4.78, 5) is 33.2. The number of aryl methyl sites for hydroxylation is 1. The Balaban J connectivity index is 1.70. The molecule has 0 aliphatic rings. The molecule has 0 aliphatic carbocycles. The van der Waals surface area contributed by atoms with Gasteiger partial charge in [-0.25, -0.2) is 9.97 Å². The fraction of sp³-hybridized carbons (Fsp3) is 0.167. The Morgan fingerprint density at radius 3 is 2.35 bits per heavy atom. The average Bonchev–Trinajstić information content (AvgIpc) is 2.65. The fourth-order valence-corrected chi connectivity index (χ4v) is 3.25. The highest BCUT2D eigenvalue weighted by molar-refractivity contribution is 8.00. The number of carbonyl (C=O) groups is 1. The molecule has 0 radical (unpaired) electrons. The molecular formula is C18H16N4O3S. The number of aromatic nitrogens is 2. The number of non-ortho nitro benzene ring substituents is 1. The van der Waals surface area contributed by atoms with Crippen molar-refractivity contribution in [2.45, 2.75) is 11.9 Å². The van der Waals surface area contributed by atoms with E-state index in [9.17, 15) is 14.9 Å². The summed E-state index contributed by atoms with van der Waals surface area (Å²) >= 11 is 1.33. The zero-order chi connectivity index (χ0) is 18.7. The van der Waals surface area contributed by atoms with Gasteiger partial charge in [0.05, 0.1) is 27.4 Å². The molecule has 0 saturated heterocycles. The zero-order valence-corrected chi connectivity index (χ0v) is 15.1. The number of fused-ring (bicyclic) bond motifs is 1. The molecule has 1 heterocycles. The largest absolute Gasteiger partial charge is 0.315 e. The van der Waals surface area contributed by atoms with E-state index in [0.717, 1.165) is 16.7 Å². The van der Waals surface area contributed by atoms with Gasteiger partial charge in [-0.15, -0.1) is 0 Å². The van der Waals surface area contributed by atoms with Crippen molar-refractivity contribution in [2.75, 3.05) is 17.7 Å². The molecule has 0 saturated carbocycles. The number of rotatable bonds is 5. The summed E-state index contributed by atoms with van der Waals surface area (Å²) in [6.45, 7) is 1.87. The lowest BCUT2D eigenvalue weighted by molar-refractivity contribution is -0.384. The van der Waals surface area contributed by atoms with Crippen molar-refractivity contribution in [3.05, 3.63) is 64.3 Å². The van der Waals surface area contributed by atoms with E-state index in [0.29, 0.717) is 10.7 Å². The molecule has 7 nitrogen and oxygen atoms in total. The number of hydrogen-bond donors (Lipinski definition) is 0. The molecule has 0 fully saturated rings. The standard InChI is InChI=1S/C18H16N4O3S/c1-12-18(20-16-6-4-3-5-15(16)19-12)26-11-17(23)21(2)13-7-9-14(10-8-13)22(24)25/h3-10H,11H2,1-2H3. The normalized spacial score (nSPS) is 10.7. The van der Waals surface area contributed by atoms with Gasteiger partial charge in [-0.1, -0.05) is 23.9 Å². The van der Waals surface area contributed by atoms with E-state index in [1.807, 2.05) is 31.2 Å². The number of para-hydroxylation sites is 2. The Morgan fingerprint density at radius 1 is 1.12 bits per heavy atom. The van der Waals surface area contributed by atoms with E-state index in [4.69, 9.17) is 0 Å². The van der Waals surface area contributed by atoms with Gasteiger partial charge in [-0.05, 0) is 31.2 Å². The van der Waals surface area contributed by atoms with Crippen LogP contribution >= 0.6 is 11.8 Å². The van der Waals surface area contributed by atoms with Gasteiger partial charge in [0.1, 0.15) is 5.03 Å². The average molecular weight is 368 g/mol. The number of amides is 1. The number of nitrogens with zero attached hydrogens (tertiary/aromatic N) is 4. The van der Waals surface area contributed by atoms with E-state index in [2.05, 4.69) is 9.97 Å². The number of nitro benzene ring substituents is 1. The number of anilines is 1. The van der Waals surface area contributed by atoms with Gasteiger partial charge >= 0.3 is 0 Å². The lowest BCUT2D eigenvalue weighted by atomic mass is 10.2. The molecule has 2 aromatic carbocycles. The second-order valence-corrected chi connectivity index (χ2v) is 6.58. The maximum atomic E-state index is 12.4. The first-order valence-corrected chi connectivity index (χ1v) is 8.81. The summed E-state index contributed by atoms with van der Waals surface area (Å²) in [5.74, 6) is 0.0691. The van der Waals surface area contributed by atoms with Crippen LogP contribution in [0.1, 0.15) is 5.69 Å². The highest BCUT2D eigenvalue weighted by atomic mass is 32.2. The van der Waals surface area contributed by atoms with Gasteiger partial charge in [0.25, 0.3) is 5.69 Å². The number of benzene rings is 2. The quantitative estimate of drug-likeness (QED) is 0.388. The number of hydrogen-bond acceptors (Lipinski definition) is 6. The van der Waals surface area contributed by atoms with Crippen LogP contribution in [-0.4, -0.2) is 33.6 Å². The van der Waals surface area contributed by atoms with E-state index in [1.165, 1.54) is 28.8 Å². The predicted octanol–water partition coefficient (Wildman–Crippen LogP) is 3.60. The summed E-state index contributed by atoms with van der Waals surface area (Å²) in [6.07, 6.45) is 0. The number of carbonyl (C=O) groups excluding carboxylic acids is 1. The highest BCUT2D eigenvalue weighted by Gasteiger charge is 2.15. The molecule has 3 rings (SSSR count). The van der Waals surface area contributed by atoms with Crippen LogP contribution in [0.25, 0.3) is 11.0 Å². The van der Waals surface area contributed by atoms with Crippen LogP contribution in [0.2, 0.25) is 0 Å². The fourth-order valence-electron chi connectivity index (χ4n) is 2.38. The van der Waals surface area contributed by atoms with Gasteiger partial charge in [-0.2, -0.15) is 0 Å². The summed E-state index contributed by atoms with van der Waals surface area (Å²) in [5.41, 5.74) is 2.98. The van der Waals surface area contributed by atoms with Crippen molar-refractivity contribution in [1.29, 1.82) is 0 Å². The molecule has 0 spiro atoms. The number of thioether (sulfide) groups is 1. The molecule has 1 aromatic heterocycles. The van der Waals surface area contributed by atoms with E-state index in [1.54, 1.807) is 19.2 Å². The third kappa shape index (κ3) is 3.80. The molecule has 26 heavy (non-hydrogen) atoms. The van der Waals surface area contributed by atoms with Gasteiger partial charge < -0.3 is 4.90 Å². The Hall–Kier alpha value is -3.00. The maximum absolute atomic E-state index is 12.4. The Morgan fingerprint density at radius 2 is 1.73 bits per heavy atom. The van der Waals surface area contributed by atoms with Crippen molar-refractivity contribution >= 4 is 40.1 Å². The van der Waals surface area contributed by atoms with Crippen LogP contribution in [0.3, 0.4) is 0 Å². The van der Waals surface area contributed by atoms with Crippen molar-refractivity contribution < 1.29 is 9.72 Å². The van der Waals surface area contributed by atoms with Crippen LogP contribution in [0, 0.1) is 17.0 Å². The van der Waals surface area contributed by atoms with E-state index < -0.39 is 4.92 Å². The van der Waals surface area contributed by atoms with Crippen LogP contribution in [-0.2, 0) is 4.79 Å². The van der Waals surface area contributed by atoms with Crippen LogP contribution in [0.5, 0.6) is 0 Å². The maximum Gasteiger partial charge on any atom is 0.269 e. The minimum atomic E-state index is -0.470. The molecule has 8 heteroatoms. The molecule has 3 aromatic rings. The lowest BCUT2D eigenvalue weighted by Crippen LogP contribution is -2.27. The van der Waals surface area contributed by atoms with E-state index >= 15 is 0 Å². The van der Waals surface area contributed by atoms with E-state index in [-0.39, 0.29) is 17.3 Å². The van der Waals surface area contributed by atoms with Gasteiger partial charge in [-0.3, -0.25) is 14.9 Å². The van der Waals surface area contributed by atoms with Crippen molar-refractivity contribution in [3.8, 4) is 0 Å². The molecule has 0 unspecified atom stereocenters. The van der Waals surface area contributed by atoms with Crippen molar-refractivity contribution in [1.82, 2.24) is 9.97 Å². The SMILES string of the molecule is Cc1nc2ccccc2nc1SCC(=O)N(C)c1ccc([N+](=O)[O-])cc1. The zero-order valence-electron chi connectivity index (χ0n) is 14.2. The first kappa shape index (κ1) is 17.8. The first-order chi connectivity index (χ1) is 12.5. The molecule has 132 valence electrons. The number of nitro groups is 1. The summed E-state index contributed by atoms with van der Waals surface area (Å²) < 4.78 is 0. The van der Waals surface area contributed by atoms with Crippen molar-refractivity contribution in [2.24, 2.45) is 0 Å². The molecule has 0 atom stereocenters. The topological polar surface area (TPSA) is 89.2 Å². The molecule has 1 amide bonds. The van der Waals surface area contributed by atoms with Gasteiger partial charge in [0.2, 0.25) is 5.91 Å². The molecule has 0 aliphatic heterocycles. The summed E-state index contributed by atoms with van der Waals surface area (Å²) in [7, 11) is 1.64. The lowest BCUT2D eigenvalue weighted by Gasteiger charge is -2.17. The summed E-state index contributed by atoms with van der Waals surface area (Å²) in [5, 5.41) is 11.4. The molecule has 0 bridgehead atoms. The monoisotopic (exact) mass is 368 g/mol. The minimum Gasteiger partial charge on any atom is -0.315 e. The summed E-state index contributed by atoms with van der Waals surface area (Å²) in [6, 6.07) is 13.5. The Labute approximate surface area is 154 Å². The van der Waals surface area contributed by atoms with Gasteiger partial charge in [0, 0.05) is 24.9 Å². The minimum absolute atomic E-state index is 0.00830. The molecule has 0 N–H and O–H groups in total. The first-order valence-electron chi connectivity index (χ1n) is 7.83. The Bertz CT molecular complexity index is 976. The third-order valence-electron chi connectivity index (χ3n) is 3.86. The molecular weight excluding hydrogens is 352 g/mol. The second-order valence-electron chi connectivity index (χ2n) is 5.62. The predicted molar refractivity (Wildman–Crippen MR) is 102 cm³/mol. The van der Waals surface area contributed by atoms with Gasteiger partial charge in [0.15, 0.2) is 0 Å². The smallest absolute Gasteiger partial charge is 0.269 e. The van der Waals surface area contributed by atoms with Crippen LogP contribution < -0.4 is 4.90 Å². The van der Waals surface area contributed by atoms with Crippen molar-refractivity contribution in [3.63, 3.8) is 0 Å². The third-order valence-corrected chi connectivity index (χ3v) is 4.91. The van der Waals surface area contributed by atoms with Crippen LogP contribution in [0.15, 0.2) is 53.6 Å².